The topological polar surface area (TPSA) is 71.5 Å². The molecule has 1 amide bonds. The molecular formula is C22H27N3O3. The Balaban J connectivity index is 1.73. The van der Waals surface area contributed by atoms with Crippen molar-refractivity contribution in [1.29, 1.82) is 0 Å². The molecule has 148 valence electrons. The Morgan fingerprint density at radius 1 is 1.18 bits per heavy atom. The molecule has 1 atom stereocenters. The Labute approximate surface area is 165 Å². The number of rotatable bonds is 6. The van der Waals surface area contributed by atoms with Crippen LogP contribution < -0.4 is 5.32 Å². The van der Waals surface area contributed by atoms with Crippen molar-refractivity contribution in [2.24, 2.45) is 0 Å². The predicted octanol–water partition coefficient (Wildman–Crippen LogP) is 4.41. The summed E-state index contributed by atoms with van der Waals surface area (Å²) in [6.45, 7) is 5.03. The fourth-order valence-corrected chi connectivity index (χ4v) is 3.57. The van der Waals surface area contributed by atoms with Crippen LogP contribution in [0.1, 0.15) is 60.2 Å². The number of amides is 1. The molecule has 6 heteroatoms. The van der Waals surface area contributed by atoms with Gasteiger partial charge in [0.05, 0.1) is 23.4 Å². The van der Waals surface area contributed by atoms with E-state index < -0.39 is 0 Å². The molecule has 0 radical (unpaired) electrons. The number of likely N-dealkylation sites (tertiary alicyclic amines) is 1. The van der Waals surface area contributed by atoms with Crippen molar-refractivity contribution in [1.82, 2.24) is 9.88 Å². The molecule has 28 heavy (non-hydrogen) atoms. The number of aromatic nitrogens is 1. The summed E-state index contributed by atoms with van der Waals surface area (Å²) in [6, 6.07) is 11.0. The lowest BCUT2D eigenvalue weighted by atomic mass is 9.99. The molecule has 3 rings (SSSR count). The number of carbonyl (C=O) groups excluding carboxylic acids is 2. The van der Waals surface area contributed by atoms with E-state index in [1.165, 1.54) is 6.42 Å². The second-order valence-corrected chi connectivity index (χ2v) is 6.88. The van der Waals surface area contributed by atoms with Crippen LogP contribution in [0.5, 0.6) is 0 Å². The zero-order valence-electron chi connectivity index (χ0n) is 16.5. The molecule has 1 aromatic heterocycles. The minimum absolute atomic E-state index is 0.0394. The molecule has 1 aromatic carbocycles. The highest BCUT2D eigenvalue weighted by molar-refractivity contribution is 5.97. The van der Waals surface area contributed by atoms with E-state index in [1.807, 2.05) is 11.0 Å². The number of hydrogen-bond acceptors (Lipinski definition) is 5. The van der Waals surface area contributed by atoms with E-state index in [0.717, 1.165) is 25.8 Å². The molecule has 1 saturated heterocycles. The van der Waals surface area contributed by atoms with Crippen LogP contribution in [0.3, 0.4) is 0 Å². The van der Waals surface area contributed by atoms with Crippen molar-refractivity contribution < 1.29 is 14.3 Å². The van der Waals surface area contributed by atoms with Crippen LogP contribution >= 0.6 is 0 Å². The van der Waals surface area contributed by atoms with Crippen LogP contribution in [-0.4, -0.2) is 41.0 Å². The summed E-state index contributed by atoms with van der Waals surface area (Å²) in [7, 11) is 0. The Morgan fingerprint density at radius 3 is 2.71 bits per heavy atom. The van der Waals surface area contributed by atoms with Gasteiger partial charge in [-0.15, -0.1) is 0 Å². The largest absolute Gasteiger partial charge is 0.462 e. The summed E-state index contributed by atoms with van der Waals surface area (Å²) in [5.74, 6) is 0.226. The van der Waals surface area contributed by atoms with Gasteiger partial charge in [-0.05, 0) is 56.9 Å². The molecule has 6 nitrogen and oxygen atoms in total. The number of nitrogens with one attached hydrogen (secondary N) is 1. The number of benzene rings is 1. The van der Waals surface area contributed by atoms with Crippen LogP contribution in [-0.2, 0) is 4.74 Å². The number of piperidine rings is 1. The SMILES string of the molecule is CCOC(=O)c1ccccc1Nc1ccc(C(=O)N2CCCCC2CC)cn1. The Morgan fingerprint density at radius 2 is 2.00 bits per heavy atom. The van der Waals surface area contributed by atoms with E-state index >= 15 is 0 Å². The van der Waals surface area contributed by atoms with Crippen LogP contribution in [0, 0.1) is 0 Å². The van der Waals surface area contributed by atoms with Crippen molar-refractivity contribution in [2.75, 3.05) is 18.5 Å². The normalized spacial score (nSPS) is 16.5. The van der Waals surface area contributed by atoms with Gasteiger partial charge >= 0.3 is 5.97 Å². The number of carbonyl (C=O) groups is 2. The minimum atomic E-state index is -0.381. The first-order valence-corrected chi connectivity index (χ1v) is 9.94. The zero-order valence-corrected chi connectivity index (χ0v) is 16.5. The molecule has 1 N–H and O–H groups in total. The van der Waals surface area contributed by atoms with Crippen molar-refractivity contribution in [3.05, 3.63) is 53.7 Å². The van der Waals surface area contributed by atoms with Gasteiger partial charge in [0.25, 0.3) is 5.91 Å². The van der Waals surface area contributed by atoms with E-state index in [4.69, 9.17) is 4.74 Å². The fraction of sp³-hybridized carbons (Fsp3) is 0.409. The van der Waals surface area contributed by atoms with Gasteiger partial charge in [0.1, 0.15) is 5.82 Å². The third kappa shape index (κ3) is 4.50. The number of esters is 1. The predicted molar refractivity (Wildman–Crippen MR) is 109 cm³/mol. The summed E-state index contributed by atoms with van der Waals surface area (Å²) in [5, 5.41) is 3.14. The molecule has 1 unspecified atom stereocenters. The molecule has 1 aliphatic rings. The first kappa shape index (κ1) is 19.9. The number of nitrogens with zero attached hydrogens (tertiary/aromatic N) is 2. The Bertz CT molecular complexity index is 820. The van der Waals surface area contributed by atoms with Gasteiger partial charge in [0.15, 0.2) is 0 Å². The summed E-state index contributed by atoms with van der Waals surface area (Å²) >= 11 is 0. The first-order chi connectivity index (χ1) is 13.6. The highest BCUT2D eigenvalue weighted by Gasteiger charge is 2.26. The van der Waals surface area contributed by atoms with Crippen molar-refractivity contribution >= 4 is 23.4 Å². The van der Waals surface area contributed by atoms with Gasteiger partial charge in [-0.2, -0.15) is 0 Å². The number of hydrogen-bond donors (Lipinski definition) is 1. The Kier molecular flexibility index (Phi) is 6.63. The van der Waals surface area contributed by atoms with Gasteiger partial charge in [-0.3, -0.25) is 4.79 Å². The van der Waals surface area contributed by atoms with Crippen molar-refractivity contribution in [2.45, 2.75) is 45.6 Å². The lowest BCUT2D eigenvalue weighted by Gasteiger charge is -2.35. The van der Waals surface area contributed by atoms with Crippen LogP contribution in [0.15, 0.2) is 42.6 Å². The lowest BCUT2D eigenvalue weighted by Crippen LogP contribution is -2.43. The average molecular weight is 381 g/mol. The van der Waals surface area contributed by atoms with E-state index in [9.17, 15) is 9.59 Å². The van der Waals surface area contributed by atoms with E-state index in [1.54, 1.807) is 43.5 Å². The monoisotopic (exact) mass is 381 g/mol. The molecular weight excluding hydrogens is 354 g/mol. The second kappa shape index (κ2) is 9.35. The maximum Gasteiger partial charge on any atom is 0.340 e. The summed E-state index contributed by atoms with van der Waals surface area (Å²) in [5.41, 5.74) is 1.66. The number of anilines is 2. The minimum Gasteiger partial charge on any atom is -0.462 e. The molecule has 0 aliphatic carbocycles. The third-order valence-corrected chi connectivity index (χ3v) is 5.05. The number of para-hydroxylation sites is 1. The number of ether oxygens (including phenoxy) is 1. The van der Waals surface area contributed by atoms with Gasteiger partial charge in [0.2, 0.25) is 0 Å². The van der Waals surface area contributed by atoms with Crippen LogP contribution in [0.2, 0.25) is 0 Å². The molecule has 0 spiro atoms. The smallest absolute Gasteiger partial charge is 0.340 e. The van der Waals surface area contributed by atoms with E-state index in [0.29, 0.717) is 35.3 Å². The summed E-state index contributed by atoms with van der Waals surface area (Å²) in [4.78, 5) is 31.3. The standard InChI is InChI=1S/C22H27N3O3/c1-3-17-9-7-8-14-25(17)21(26)16-12-13-20(23-15-16)24-19-11-6-5-10-18(19)22(27)28-4-2/h5-6,10-13,15,17H,3-4,7-9,14H2,1-2H3,(H,23,24). The first-order valence-electron chi connectivity index (χ1n) is 9.94. The van der Waals surface area contributed by atoms with Gasteiger partial charge in [-0.1, -0.05) is 19.1 Å². The summed E-state index contributed by atoms with van der Waals surface area (Å²) < 4.78 is 5.10. The highest BCUT2D eigenvalue weighted by atomic mass is 16.5. The maximum atomic E-state index is 12.9. The number of pyridine rings is 1. The second-order valence-electron chi connectivity index (χ2n) is 6.88. The van der Waals surface area contributed by atoms with Gasteiger partial charge < -0.3 is 15.0 Å². The highest BCUT2D eigenvalue weighted by Crippen LogP contribution is 2.23. The summed E-state index contributed by atoms with van der Waals surface area (Å²) in [6.07, 6.45) is 5.88. The van der Waals surface area contributed by atoms with E-state index in [-0.39, 0.29) is 11.9 Å². The molecule has 2 aromatic rings. The molecule has 0 saturated carbocycles. The third-order valence-electron chi connectivity index (χ3n) is 5.05. The molecule has 0 bridgehead atoms. The van der Waals surface area contributed by atoms with Gasteiger partial charge in [0, 0.05) is 18.8 Å². The average Bonchev–Trinajstić information content (AvgIpc) is 2.74. The quantitative estimate of drug-likeness (QED) is 0.751. The fourth-order valence-electron chi connectivity index (χ4n) is 3.57. The molecule has 1 fully saturated rings. The van der Waals surface area contributed by atoms with Crippen molar-refractivity contribution in [3.8, 4) is 0 Å². The van der Waals surface area contributed by atoms with Gasteiger partial charge in [-0.25, -0.2) is 9.78 Å². The molecule has 1 aliphatic heterocycles. The Hall–Kier alpha value is -2.89. The zero-order chi connectivity index (χ0) is 19.9. The lowest BCUT2D eigenvalue weighted by molar-refractivity contribution is 0.0526. The maximum absolute atomic E-state index is 12.9. The van der Waals surface area contributed by atoms with Crippen molar-refractivity contribution in [3.63, 3.8) is 0 Å². The van der Waals surface area contributed by atoms with E-state index in [2.05, 4.69) is 17.2 Å². The van der Waals surface area contributed by atoms with Crippen LogP contribution in [0.25, 0.3) is 0 Å². The van der Waals surface area contributed by atoms with Crippen LogP contribution in [0.4, 0.5) is 11.5 Å². The molecule has 2 heterocycles.